The molecule has 1 saturated heterocycles. The van der Waals surface area contributed by atoms with E-state index in [0.717, 1.165) is 42.5 Å². The number of aromatic nitrogens is 1. The Kier molecular flexibility index (Phi) is 4.36. The molecule has 1 aliphatic heterocycles. The Balaban J connectivity index is 1.93. The topological polar surface area (TPSA) is 54.0 Å². The number of rotatable bonds is 4. The first kappa shape index (κ1) is 12.4. The van der Waals surface area contributed by atoms with Crippen LogP contribution in [0.3, 0.4) is 0 Å². The van der Waals surface area contributed by atoms with Crippen LogP contribution < -0.4 is 10.6 Å². The molecule has 94 valence electrons. The molecule has 0 bridgehead atoms. The van der Waals surface area contributed by atoms with Gasteiger partial charge in [0.2, 0.25) is 0 Å². The lowest BCUT2D eigenvalue weighted by Crippen LogP contribution is -2.29. The molecule has 1 aromatic heterocycles. The largest absolute Gasteiger partial charge is 0.370 e. The molecular formula is C12H19N3OS. The smallest absolute Gasteiger partial charge is 0.128 e. The molecule has 0 saturated carbocycles. The van der Waals surface area contributed by atoms with E-state index in [1.165, 1.54) is 0 Å². The van der Waals surface area contributed by atoms with Gasteiger partial charge in [-0.05, 0) is 31.9 Å². The highest BCUT2D eigenvalue weighted by molar-refractivity contribution is 7.85. The first-order valence-electron chi connectivity index (χ1n) is 6.10. The molecule has 2 rings (SSSR count). The molecule has 17 heavy (non-hydrogen) atoms. The highest BCUT2D eigenvalue weighted by Gasteiger charge is 2.17. The zero-order chi connectivity index (χ0) is 12.1. The summed E-state index contributed by atoms with van der Waals surface area (Å²) in [6.07, 6.45) is 1.94. The van der Waals surface area contributed by atoms with Gasteiger partial charge in [0.05, 0.1) is 0 Å². The predicted molar refractivity (Wildman–Crippen MR) is 72.9 cm³/mol. The molecule has 0 aromatic carbocycles. The maximum Gasteiger partial charge on any atom is 0.128 e. The van der Waals surface area contributed by atoms with E-state index >= 15 is 0 Å². The van der Waals surface area contributed by atoms with Crippen molar-refractivity contribution < 1.29 is 4.21 Å². The van der Waals surface area contributed by atoms with Crippen LogP contribution in [0.15, 0.2) is 18.2 Å². The van der Waals surface area contributed by atoms with E-state index in [9.17, 15) is 4.21 Å². The van der Waals surface area contributed by atoms with Gasteiger partial charge in [-0.15, -0.1) is 0 Å². The van der Waals surface area contributed by atoms with Crippen molar-refractivity contribution in [3.05, 3.63) is 18.2 Å². The second-order valence-corrected chi connectivity index (χ2v) is 5.90. The monoisotopic (exact) mass is 253 g/mol. The molecule has 0 amide bonds. The standard InChI is InChI=1S/C12H19N3OS/c1-2-13-11-4-3-5-12(15-11)14-10-6-8-17(16)9-7-10/h3-5,10H,2,6-9H2,1H3,(H2,13,14,15). The number of hydrogen-bond donors (Lipinski definition) is 2. The minimum absolute atomic E-state index is 0.414. The van der Waals surface area contributed by atoms with Crippen molar-refractivity contribution in [1.29, 1.82) is 0 Å². The van der Waals surface area contributed by atoms with Crippen molar-refractivity contribution in [2.75, 3.05) is 28.7 Å². The summed E-state index contributed by atoms with van der Waals surface area (Å²) in [4.78, 5) is 4.48. The summed E-state index contributed by atoms with van der Waals surface area (Å²) < 4.78 is 11.3. The Hall–Kier alpha value is -1.10. The number of pyridine rings is 1. The van der Waals surface area contributed by atoms with Crippen LogP contribution in [0, 0.1) is 0 Å². The minimum atomic E-state index is -0.599. The van der Waals surface area contributed by atoms with Crippen LogP contribution >= 0.6 is 0 Å². The Bertz CT molecular complexity index is 387. The summed E-state index contributed by atoms with van der Waals surface area (Å²) in [5.74, 6) is 3.42. The fourth-order valence-corrected chi connectivity index (χ4v) is 3.24. The summed E-state index contributed by atoms with van der Waals surface area (Å²) in [5.41, 5.74) is 0. The van der Waals surface area contributed by atoms with Gasteiger partial charge in [0.25, 0.3) is 0 Å². The normalized spacial score (nSPS) is 24.3. The highest BCUT2D eigenvalue weighted by Crippen LogP contribution is 2.16. The van der Waals surface area contributed by atoms with E-state index in [1.54, 1.807) is 0 Å². The first-order valence-corrected chi connectivity index (χ1v) is 7.59. The van der Waals surface area contributed by atoms with Gasteiger partial charge >= 0.3 is 0 Å². The molecule has 0 radical (unpaired) electrons. The van der Waals surface area contributed by atoms with Gasteiger partial charge < -0.3 is 10.6 Å². The third-order valence-corrected chi connectivity index (χ3v) is 4.23. The molecule has 0 unspecified atom stereocenters. The SMILES string of the molecule is CCNc1cccc(NC2CCS(=O)CC2)n1. The Labute approximate surface area is 105 Å². The Morgan fingerprint density at radius 3 is 2.76 bits per heavy atom. The third-order valence-electron chi connectivity index (χ3n) is 2.85. The van der Waals surface area contributed by atoms with Gasteiger partial charge in [-0.1, -0.05) is 6.07 Å². The van der Waals surface area contributed by atoms with E-state index < -0.39 is 10.8 Å². The van der Waals surface area contributed by atoms with Gasteiger partial charge in [0.15, 0.2) is 0 Å². The number of hydrogen-bond acceptors (Lipinski definition) is 4. The molecule has 5 heteroatoms. The van der Waals surface area contributed by atoms with Crippen molar-refractivity contribution in [2.24, 2.45) is 0 Å². The maximum atomic E-state index is 11.3. The zero-order valence-electron chi connectivity index (χ0n) is 10.1. The third kappa shape index (κ3) is 3.70. The maximum absolute atomic E-state index is 11.3. The van der Waals surface area contributed by atoms with Gasteiger partial charge in [-0.25, -0.2) is 4.98 Å². The van der Waals surface area contributed by atoms with Crippen LogP contribution in [-0.4, -0.2) is 33.3 Å². The average Bonchev–Trinajstić information content (AvgIpc) is 2.33. The molecule has 1 aromatic rings. The summed E-state index contributed by atoms with van der Waals surface area (Å²) in [6.45, 7) is 2.93. The van der Waals surface area contributed by atoms with Crippen LogP contribution in [0.2, 0.25) is 0 Å². The quantitative estimate of drug-likeness (QED) is 0.859. The van der Waals surface area contributed by atoms with Crippen molar-refractivity contribution in [3.8, 4) is 0 Å². The van der Waals surface area contributed by atoms with E-state index in [1.807, 2.05) is 18.2 Å². The molecule has 2 heterocycles. The van der Waals surface area contributed by atoms with E-state index in [0.29, 0.717) is 6.04 Å². The lowest BCUT2D eigenvalue weighted by atomic mass is 10.1. The van der Waals surface area contributed by atoms with Crippen LogP contribution in [0.5, 0.6) is 0 Å². The lowest BCUT2D eigenvalue weighted by molar-refractivity contribution is 0.622. The fraction of sp³-hybridized carbons (Fsp3) is 0.583. The molecule has 0 atom stereocenters. The first-order chi connectivity index (χ1) is 8.28. The fourth-order valence-electron chi connectivity index (χ4n) is 1.94. The molecule has 0 aliphatic carbocycles. The van der Waals surface area contributed by atoms with E-state index in [4.69, 9.17) is 0 Å². The van der Waals surface area contributed by atoms with Crippen molar-refractivity contribution in [2.45, 2.75) is 25.8 Å². The molecular weight excluding hydrogens is 234 g/mol. The van der Waals surface area contributed by atoms with Crippen molar-refractivity contribution >= 4 is 22.4 Å². The second kappa shape index (κ2) is 6.00. The number of anilines is 2. The summed E-state index contributed by atoms with van der Waals surface area (Å²) in [7, 11) is -0.599. The number of nitrogens with zero attached hydrogens (tertiary/aromatic N) is 1. The van der Waals surface area contributed by atoms with Crippen LogP contribution in [0.25, 0.3) is 0 Å². The van der Waals surface area contributed by atoms with Gasteiger partial charge in [-0.2, -0.15) is 0 Å². The van der Waals surface area contributed by atoms with Crippen molar-refractivity contribution in [1.82, 2.24) is 4.98 Å². The molecule has 1 aliphatic rings. The molecule has 1 fully saturated rings. The minimum Gasteiger partial charge on any atom is -0.370 e. The second-order valence-electron chi connectivity index (χ2n) is 4.21. The highest BCUT2D eigenvalue weighted by atomic mass is 32.2. The lowest BCUT2D eigenvalue weighted by Gasteiger charge is -2.23. The van der Waals surface area contributed by atoms with Crippen LogP contribution in [0.4, 0.5) is 11.6 Å². The van der Waals surface area contributed by atoms with Crippen molar-refractivity contribution in [3.63, 3.8) is 0 Å². The van der Waals surface area contributed by atoms with E-state index in [-0.39, 0.29) is 0 Å². The predicted octanol–water partition coefficient (Wildman–Crippen LogP) is 1.84. The average molecular weight is 253 g/mol. The zero-order valence-corrected chi connectivity index (χ0v) is 10.9. The summed E-state index contributed by atoms with van der Waals surface area (Å²) in [5, 5.41) is 6.61. The molecule has 4 nitrogen and oxygen atoms in total. The van der Waals surface area contributed by atoms with Crippen LogP contribution in [-0.2, 0) is 10.8 Å². The van der Waals surface area contributed by atoms with Crippen LogP contribution in [0.1, 0.15) is 19.8 Å². The van der Waals surface area contributed by atoms with Gasteiger partial charge in [0, 0.05) is 34.9 Å². The van der Waals surface area contributed by atoms with Gasteiger partial charge in [0.1, 0.15) is 11.6 Å². The number of nitrogens with one attached hydrogen (secondary N) is 2. The Morgan fingerprint density at radius 1 is 1.35 bits per heavy atom. The molecule has 2 N–H and O–H groups in total. The summed E-state index contributed by atoms with van der Waals surface area (Å²) in [6, 6.07) is 6.35. The molecule has 0 spiro atoms. The Morgan fingerprint density at radius 2 is 2.06 bits per heavy atom. The van der Waals surface area contributed by atoms with E-state index in [2.05, 4.69) is 22.5 Å². The van der Waals surface area contributed by atoms with Gasteiger partial charge in [-0.3, -0.25) is 4.21 Å². The summed E-state index contributed by atoms with van der Waals surface area (Å²) >= 11 is 0.